The number of thiophene rings is 2. The predicted molar refractivity (Wildman–Crippen MR) is 591 cm³/mol. The van der Waals surface area contributed by atoms with Crippen LogP contribution < -0.4 is 0 Å². The zero-order valence-electron chi connectivity index (χ0n) is 81.9. The molecule has 0 unspecified atom stereocenters. The van der Waals surface area contributed by atoms with E-state index in [0.29, 0.717) is 49.9 Å². The first-order valence-electron chi connectivity index (χ1n) is 48.4. The Labute approximate surface area is 780 Å². The topological polar surface area (TPSA) is 0 Å². The van der Waals surface area contributed by atoms with E-state index in [1.165, 1.54) is 213 Å². The molecule has 8 heteroatoms. The molecule has 652 valence electrons. The molecule has 0 nitrogen and oxygen atoms in total. The predicted octanol–water partition coefficient (Wildman–Crippen LogP) is 36.9. The van der Waals surface area contributed by atoms with Gasteiger partial charge in [-0.25, -0.2) is 0 Å². The zero-order valence-corrected chi connectivity index (χ0v) is 90.6. The number of rotatable bonds is 18. The van der Waals surface area contributed by atoms with Gasteiger partial charge in [0.05, 0.1) is 0 Å². The molecule has 0 bridgehead atoms. The van der Waals surface area contributed by atoms with Gasteiger partial charge in [0.1, 0.15) is 32.3 Å². The van der Waals surface area contributed by atoms with Crippen molar-refractivity contribution >= 4 is 204 Å². The van der Waals surface area contributed by atoms with Crippen molar-refractivity contribution in [1.29, 1.82) is 0 Å². The van der Waals surface area contributed by atoms with Gasteiger partial charge in [-0.1, -0.05) is 197 Å². The Hall–Kier alpha value is -8.63. The van der Waals surface area contributed by atoms with Crippen molar-refractivity contribution in [3.05, 3.63) is 226 Å². The molecule has 0 amide bonds. The van der Waals surface area contributed by atoms with Gasteiger partial charge in [0.2, 0.25) is 0 Å². The van der Waals surface area contributed by atoms with Gasteiger partial charge in [-0.3, -0.25) is 0 Å². The number of hydrogen-bond donors (Lipinski definition) is 0. The second-order valence-electron chi connectivity index (χ2n) is 39.7. The summed E-state index contributed by atoms with van der Waals surface area (Å²) in [6.45, 7) is 64.5. The monoisotopic (exact) mass is 1850 g/mol. The van der Waals surface area contributed by atoms with Crippen molar-refractivity contribution in [2.45, 2.75) is 289 Å². The fourth-order valence-electron chi connectivity index (χ4n) is 22.6. The SMILES string of the molecule is CC(C)[Si](C#Cc1c2cc3ccccc3cc2c(C#C[Si](C(C)C)(C(C)C)C(C)C)c2cc3ccccc3cc12)(C(C)C)C(C)C.CC[Si](C#Cc1c2cc3ccsc3cc2c(C#C[Si](CC)(CC)CC)c2cc3ccsc3cc12)(CC)CC.C[CH2][Ge]([C]#Cc1c2cc3ccccc3cc2c(C#C[Si](C(C)C)(C(C)C)C(C)C)c2cc3ccccc3cc12)([CH2]C)[CH2]C. The molecule has 0 spiro atoms. The molecule has 2 aromatic heterocycles. The van der Waals surface area contributed by atoms with Crippen LogP contribution in [0.3, 0.4) is 0 Å². The molecule has 0 N–H and O–H groups in total. The van der Waals surface area contributed by atoms with Crippen LogP contribution in [-0.2, 0) is 0 Å². The Morgan fingerprint density at radius 2 is 0.409 bits per heavy atom. The minimum absolute atomic E-state index is 0.575. The van der Waals surface area contributed by atoms with Gasteiger partial charge in [0.15, 0.2) is 0 Å². The van der Waals surface area contributed by atoms with Crippen molar-refractivity contribution in [2.75, 3.05) is 0 Å². The Balaban J connectivity index is 0.000000164. The third-order valence-electron chi connectivity index (χ3n) is 31.2. The quantitative estimate of drug-likeness (QED) is 0.0456. The normalized spacial score (nSPS) is 12.4. The van der Waals surface area contributed by atoms with Gasteiger partial charge in [-0.15, -0.1) is 44.8 Å². The van der Waals surface area contributed by atoms with E-state index in [1.54, 1.807) is 0 Å². The van der Waals surface area contributed by atoms with Crippen LogP contribution in [0, 0.1) is 68.0 Å². The number of fused-ring (bicyclic) bond motifs is 12. The van der Waals surface area contributed by atoms with Crippen LogP contribution in [0.2, 0.25) is 102 Å². The summed E-state index contributed by atoms with van der Waals surface area (Å²) in [7, 11) is -9.08. The fourth-order valence-corrected chi connectivity index (χ4v) is 49.7. The number of benzene rings is 13. The van der Waals surface area contributed by atoms with Crippen LogP contribution in [0.15, 0.2) is 193 Å². The molecular formula is C119H140GeS2Si5. The molecular weight excluding hydrogens is 1710 g/mol. The van der Waals surface area contributed by atoms with Gasteiger partial charge in [-0.2, -0.15) is 0 Å². The molecule has 127 heavy (non-hydrogen) atoms. The van der Waals surface area contributed by atoms with Crippen LogP contribution in [0.4, 0.5) is 0 Å². The average Bonchev–Trinajstić information content (AvgIpc) is 1.37. The van der Waals surface area contributed by atoms with Crippen molar-refractivity contribution in [1.82, 2.24) is 0 Å². The zero-order chi connectivity index (χ0) is 91.4. The second-order valence-corrected chi connectivity index (χ2v) is 78.5. The number of hydrogen-bond acceptors (Lipinski definition) is 2. The van der Waals surface area contributed by atoms with Crippen LogP contribution in [0.1, 0.15) is 220 Å². The standard InChI is InChI=1S/C44H54Si2.C41H48GeSi.C34H38S2Si2/c1-29(2)45(30(3)4,31(5)6)23-21-39-41-25-35-17-13-15-19-37(35)27-43(41)40(22-24-46(32(7)8,33(9)10)34(11)12)44-28-38-20-16-14-18-36(38)26-42(39)44;1-10-42(11-2,12-3)23-21-36-38-25-32-17-13-15-19-34(32)27-40(38)37(22-24-43(29(4)5,30(6)7)31(8)9)41-28-35-20-16-14-18-33(35)26-39(36)41;1-7-37(8-2,9-3)19-15-27-29-21-25-13-17-36-34(25)24-32(29)28(16-20-38(10-4,11-5)12-6)30-22-26-14-18-35-33(26)23-31(27)30/h13-20,25-34H,1-12H3;13-20,25-31H,10-12H2,1-9H3;13-14,17-18,21-24H,7-12H2,1-6H3. The molecule has 0 saturated carbocycles. The molecule has 0 saturated heterocycles. The van der Waals surface area contributed by atoms with E-state index in [4.69, 9.17) is 0 Å². The van der Waals surface area contributed by atoms with Crippen molar-refractivity contribution < 1.29 is 0 Å². The first-order valence-corrected chi connectivity index (χ1v) is 67.6. The van der Waals surface area contributed by atoms with Gasteiger partial charge < -0.3 is 0 Å². The van der Waals surface area contributed by atoms with Crippen LogP contribution in [-0.4, -0.2) is 53.6 Å². The van der Waals surface area contributed by atoms with E-state index in [0.717, 1.165) is 0 Å². The van der Waals surface area contributed by atoms with Crippen molar-refractivity contribution in [3.63, 3.8) is 0 Å². The second kappa shape index (κ2) is 40.0. The summed E-state index contributed by atoms with van der Waals surface area (Å²) in [4.78, 5) is 0. The molecule has 0 radical (unpaired) electrons. The average molecular weight is 1850 g/mol. The first-order chi connectivity index (χ1) is 60.8. The Bertz CT molecular complexity index is 6420. The molecule has 0 aliphatic rings. The molecule has 0 aliphatic heterocycles. The molecule has 2 heterocycles. The Kier molecular flexibility index (Phi) is 30.2. The Morgan fingerprint density at radius 1 is 0.228 bits per heavy atom. The van der Waals surface area contributed by atoms with E-state index in [1.807, 2.05) is 22.7 Å². The minimum atomic E-state index is -2.25. The van der Waals surface area contributed by atoms with Crippen LogP contribution >= 0.6 is 22.7 Å². The van der Waals surface area contributed by atoms with Gasteiger partial charge in [-0.05, 0) is 206 Å². The molecule has 0 atom stereocenters. The summed E-state index contributed by atoms with van der Waals surface area (Å²) in [5, 5.41) is 35.9. The van der Waals surface area contributed by atoms with Crippen molar-refractivity contribution in [3.8, 4) is 68.0 Å². The third kappa shape index (κ3) is 18.3. The molecule has 0 aliphatic carbocycles. The Morgan fingerprint density at radius 3 is 0.598 bits per heavy atom. The van der Waals surface area contributed by atoms with Gasteiger partial charge >= 0.3 is 265 Å². The maximum absolute atomic E-state index is 4.11. The van der Waals surface area contributed by atoms with Crippen LogP contribution in [0.25, 0.3) is 128 Å². The van der Waals surface area contributed by atoms with Gasteiger partial charge in [0, 0.05) is 42.4 Å². The summed E-state index contributed by atoms with van der Waals surface area (Å²) in [5.41, 5.74) is 32.5. The molecule has 13 aromatic carbocycles. The van der Waals surface area contributed by atoms with Gasteiger partial charge in [0.25, 0.3) is 0 Å². The van der Waals surface area contributed by atoms with E-state index >= 15 is 0 Å². The summed E-state index contributed by atoms with van der Waals surface area (Å²) in [5.74, 6) is 23.5. The maximum atomic E-state index is 4.11. The first kappa shape index (κ1) is 95.9. The van der Waals surface area contributed by atoms with E-state index in [9.17, 15) is 0 Å². The van der Waals surface area contributed by atoms with E-state index in [2.05, 4.69) is 448 Å². The van der Waals surface area contributed by atoms with E-state index in [-0.39, 0.29) is 0 Å². The van der Waals surface area contributed by atoms with Crippen LogP contribution in [0.5, 0.6) is 0 Å². The fraction of sp³-hybridized carbons (Fsp3) is 0.378. The summed E-state index contributed by atoms with van der Waals surface area (Å²) in [6.07, 6.45) is 0. The van der Waals surface area contributed by atoms with E-state index < -0.39 is 53.6 Å². The molecule has 15 rings (SSSR count). The molecule has 0 fully saturated rings. The molecule has 15 aromatic rings. The summed E-state index contributed by atoms with van der Waals surface area (Å²) in [6, 6.07) is 75.7. The van der Waals surface area contributed by atoms with Crippen molar-refractivity contribution in [2.24, 2.45) is 0 Å². The summed E-state index contributed by atoms with van der Waals surface area (Å²) < 4.78 is 6.67. The summed E-state index contributed by atoms with van der Waals surface area (Å²) >= 11 is 1.40. The third-order valence-corrected chi connectivity index (χ3v) is 71.2.